The Balaban J connectivity index is 3.16. The number of alkyl halides is 5. The lowest BCUT2D eigenvalue weighted by Gasteiger charge is -2.23. The third-order valence-corrected chi connectivity index (χ3v) is 2.37. The highest BCUT2D eigenvalue weighted by atomic mass is 19.4. The second kappa shape index (κ2) is 5.02. The molecule has 3 nitrogen and oxygen atoms in total. The molecule has 0 spiro atoms. The van der Waals surface area contributed by atoms with Crippen LogP contribution in [0.15, 0.2) is 29.4 Å². The SMILES string of the molecule is CN(C)/C(=N\O)C(F)(F)c1ccc(C(F)(F)F)cc1. The first kappa shape index (κ1) is 15.2. The van der Waals surface area contributed by atoms with Gasteiger partial charge in [0.2, 0.25) is 5.84 Å². The molecule has 0 heterocycles. The van der Waals surface area contributed by atoms with Gasteiger partial charge in [0.25, 0.3) is 0 Å². The number of oxime groups is 1. The molecular weight excluding hydrogens is 271 g/mol. The summed E-state index contributed by atoms with van der Waals surface area (Å²) >= 11 is 0. The van der Waals surface area contributed by atoms with Gasteiger partial charge >= 0.3 is 12.1 Å². The van der Waals surface area contributed by atoms with E-state index in [9.17, 15) is 22.0 Å². The van der Waals surface area contributed by atoms with Crippen LogP contribution in [0.25, 0.3) is 0 Å². The molecule has 0 aliphatic rings. The Morgan fingerprint density at radius 1 is 1.00 bits per heavy atom. The van der Waals surface area contributed by atoms with E-state index in [-0.39, 0.29) is 0 Å². The molecule has 0 radical (unpaired) electrons. The number of nitrogens with zero attached hydrogens (tertiary/aromatic N) is 2. The quantitative estimate of drug-likeness (QED) is 0.297. The van der Waals surface area contributed by atoms with Crippen molar-refractivity contribution in [3.8, 4) is 0 Å². The number of benzene rings is 1. The molecule has 0 bridgehead atoms. The Hall–Kier alpha value is -1.86. The van der Waals surface area contributed by atoms with Crippen molar-refractivity contribution in [2.75, 3.05) is 14.1 Å². The van der Waals surface area contributed by atoms with Crippen molar-refractivity contribution in [2.45, 2.75) is 12.1 Å². The van der Waals surface area contributed by atoms with Gasteiger partial charge in [0.1, 0.15) is 0 Å². The Kier molecular flexibility index (Phi) is 4.02. The Morgan fingerprint density at radius 2 is 1.42 bits per heavy atom. The number of amidine groups is 1. The topological polar surface area (TPSA) is 35.8 Å². The average molecular weight is 282 g/mol. The fraction of sp³-hybridized carbons (Fsp3) is 0.364. The minimum atomic E-state index is -4.59. The number of likely N-dealkylation sites (N-methyl/N-ethyl adjacent to an activating group) is 1. The third kappa shape index (κ3) is 3.12. The molecule has 106 valence electrons. The van der Waals surface area contributed by atoms with E-state index in [1.165, 1.54) is 14.1 Å². The Labute approximate surface area is 105 Å². The molecule has 1 aromatic carbocycles. The molecule has 0 aliphatic carbocycles. The summed E-state index contributed by atoms with van der Waals surface area (Å²) in [5.41, 5.74) is -1.72. The van der Waals surface area contributed by atoms with E-state index in [0.29, 0.717) is 24.3 Å². The van der Waals surface area contributed by atoms with Gasteiger partial charge in [0.05, 0.1) is 5.56 Å². The van der Waals surface area contributed by atoms with Crippen molar-refractivity contribution in [2.24, 2.45) is 5.16 Å². The Bertz CT molecular complexity index is 465. The van der Waals surface area contributed by atoms with E-state index < -0.39 is 29.1 Å². The number of rotatable bonds is 2. The van der Waals surface area contributed by atoms with Crippen LogP contribution in [0.3, 0.4) is 0 Å². The zero-order valence-corrected chi connectivity index (χ0v) is 10.0. The summed E-state index contributed by atoms with van der Waals surface area (Å²) in [6, 6.07) is 2.40. The number of halogens is 5. The maximum Gasteiger partial charge on any atom is 0.416 e. The van der Waals surface area contributed by atoms with E-state index in [1.807, 2.05) is 0 Å². The fourth-order valence-corrected chi connectivity index (χ4v) is 1.43. The summed E-state index contributed by atoms with van der Waals surface area (Å²) in [6.45, 7) is 0. The molecule has 1 N–H and O–H groups in total. The van der Waals surface area contributed by atoms with Crippen LogP contribution >= 0.6 is 0 Å². The van der Waals surface area contributed by atoms with E-state index in [1.54, 1.807) is 0 Å². The maximum absolute atomic E-state index is 13.9. The fourth-order valence-electron chi connectivity index (χ4n) is 1.43. The molecule has 8 heteroatoms. The predicted molar refractivity (Wildman–Crippen MR) is 58.2 cm³/mol. The summed E-state index contributed by atoms with van der Waals surface area (Å²) in [5, 5.41) is 11.0. The summed E-state index contributed by atoms with van der Waals surface area (Å²) in [4.78, 5) is 0.873. The van der Waals surface area contributed by atoms with Crippen molar-refractivity contribution in [1.82, 2.24) is 4.90 Å². The van der Waals surface area contributed by atoms with Crippen LogP contribution in [0, 0.1) is 0 Å². The van der Waals surface area contributed by atoms with E-state index in [0.717, 1.165) is 4.90 Å². The second-order valence-electron chi connectivity index (χ2n) is 3.97. The molecule has 0 saturated carbocycles. The van der Waals surface area contributed by atoms with Crippen molar-refractivity contribution < 1.29 is 27.2 Å². The van der Waals surface area contributed by atoms with Gasteiger partial charge in [-0.2, -0.15) is 22.0 Å². The van der Waals surface area contributed by atoms with Gasteiger partial charge in [0, 0.05) is 19.7 Å². The highest BCUT2D eigenvalue weighted by Gasteiger charge is 2.41. The molecule has 0 aliphatic heterocycles. The molecular formula is C11H11F5N2O. The molecule has 0 atom stereocenters. The van der Waals surface area contributed by atoms with Crippen LogP contribution in [0.2, 0.25) is 0 Å². The average Bonchev–Trinajstić information content (AvgIpc) is 2.28. The predicted octanol–water partition coefficient (Wildman–Crippen LogP) is 3.15. The van der Waals surface area contributed by atoms with Crippen LogP contribution in [0.4, 0.5) is 22.0 Å². The van der Waals surface area contributed by atoms with Crippen molar-refractivity contribution in [3.63, 3.8) is 0 Å². The van der Waals surface area contributed by atoms with Crippen molar-refractivity contribution in [1.29, 1.82) is 0 Å². The molecule has 1 rings (SSSR count). The second-order valence-corrected chi connectivity index (χ2v) is 3.97. The first-order valence-electron chi connectivity index (χ1n) is 5.06. The van der Waals surface area contributed by atoms with E-state index in [4.69, 9.17) is 5.21 Å². The van der Waals surface area contributed by atoms with Gasteiger partial charge in [-0.15, -0.1) is 0 Å². The third-order valence-electron chi connectivity index (χ3n) is 2.37. The standard InChI is InChI=1S/C11H11F5N2O/c1-18(2)9(17-19)10(12,13)7-3-5-8(6-4-7)11(14,15)16/h3-6,19H,1-2H3/b17-9-. The first-order valence-corrected chi connectivity index (χ1v) is 5.06. The van der Waals surface area contributed by atoms with Gasteiger partial charge in [0.15, 0.2) is 0 Å². The van der Waals surface area contributed by atoms with Gasteiger partial charge < -0.3 is 10.1 Å². The number of hydrogen-bond acceptors (Lipinski definition) is 2. The lowest BCUT2D eigenvalue weighted by atomic mass is 10.0. The van der Waals surface area contributed by atoms with Crippen LogP contribution in [0.5, 0.6) is 0 Å². The monoisotopic (exact) mass is 282 g/mol. The Morgan fingerprint density at radius 3 is 1.74 bits per heavy atom. The highest BCUT2D eigenvalue weighted by molar-refractivity contribution is 5.89. The van der Waals surface area contributed by atoms with Gasteiger partial charge in [-0.3, -0.25) is 0 Å². The molecule has 1 aromatic rings. The largest absolute Gasteiger partial charge is 0.416 e. The normalized spacial score (nSPS) is 13.5. The molecule has 19 heavy (non-hydrogen) atoms. The van der Waals surface area contributed by atoms with Gasteiger partial charge in [-0.1, -0.05) is 17.3 Å². The molecule has 0 amide bonds. The zero-order valence-electron chi connectivity index (χ0n) is 10.0. The van der Waals surface area contributed by atoms with Crippen molar-refractivity contribution >= 4 is 5.84 Å². The first-order chi connectivity index (χ1) is 8.60. The van der Waals surface area contributed by atoms with Crippen LogP contribution in [0.1, 0.15) is 11.1 Å². The molecule has 0 fully saturated rings. The summed E-state index contributed by atoms with van der Waals surface area (Å²) in [7, 11) is 2.46. The molecule has 0 aromatic heterocycles. The maximum atomic E-state index is 13.9. The molecule has 0 saturated heterocycles. The van der Waals surface area contributed by atoms with Crippen LogP contribution in [-0.2, 0) is 12.1 Å². The van der Waals surface area contributed by atoms with Crippen LogP contribution < -0.4 is 0 Å². The lowest BCUT2D eigenvalue weighted by Crippen LogP contribution is -2.37. The van der Waals surface area contributed by atoms with Gasteiger partial charge in [-0.05, 0) is 12.1 Å². The van der Waals surface area contributed by atoms with E-state index in [2.05, 4.69) is 5.16 Å². The molecule has 0 unspecified atom stereocenters. The summed E-state index contributed by atoms with van der Waals surface area (Å²) < 4.78 is 64.7. The van der Waals surface area contributed by atoms with Crippen molar-refractivity contribution in [3.05, 3.63) is 35.4 Å². The minimum absolute atomic E-state index is 0.550. The smallest absolute Gasteiger partial charge is 0.409 e. The summed E-state index contributed by atoms with van der Waals surface area (Å²) in [6.07, 6.45) is -4.59. The van der Waals surface area contributed by atoms with Crippen LogP contribution in [-0.4, -0.2) is 30.0 Å². The lowest BCUT2D eigenvalue weighted by molar-refractivity contribution is -0.137. The zero-order chi connectivity index (χ0) is 14.8. The van der Waals surface area contributed by atoms with E-state index >= 15 is 0 Å². The minimum Gasteiger partial charge on any atom is -0.409 e. The highest BCUT2D eigenvalue weighted by Crippen LogP contribution is 2.34. The van der Waals surface area contributed by atoms with Gasteiger partial charge in [-0.25, -0.2) is 0 Å². The summed E-state index contributed by atoms with van der Waals surface area (Å²) in [5.74, 6) is -4.66. The number of hydrogen-bond donors (Lipinski definition) is 1.